The molecule has 0 saturated carbocycles. The molecule has 40 heavy (non-hydrogen) atoms. The first-order valence-corrected chi connectivity index (χ1v) is 12.8. The van der Waals surface area contributed by atoms with Gasteiger partial charge in [0.05, 0.1) is 46.8 Å². The van der Waals surface area contributed by atoms with Gasteiger partial charge in [-0.1, -0.05) is 0 Å². The summed E-state index contributed by atoms with van der Waals surface area (Å²) in [5.41, 5.74) is 0. The summed E-state index contributed by atoms with van der Waals surface area (Å²) in [4.78, 5) is 57.8. The molecule has 1 aliphatic rings. The van der Waals surface area contributed by atoms with E-state index in [4.69, 9.17) is 42.6 Å². The number of hydrogen-bond acceptors (Lipinski definition) is 15. The summed E-state index contributed by atoms with van der Waals surface area (Å²) in [6.07, 6.45) is -5.35. The SMILES string of the molecule is COC(=O)CCCOCCOCCOCCO[C@@H]1O[C@H](COC(C)=O)[C@@H](OC(C)=O)[C@H](OC(C)=O)[C@H]1OC(C)=O. The third-order valence-corrected chi connectivity index (χ3v) is 5.10. The molecule has 5 atom stereocenters. The quantitative estimate of drug-likeness (QED) is 0.114. The molecule has 0 radical (unpaired) electrons. The van der Waals surface area contributed by atoms with E-state index >= 15 is 0 Å². The number of carbonyl (C=O) groups excluding carboxylic acids is 5. The van der Waals surface area contributed by atoms with Crippen molar-refractivity contribution in [3.8, 4) is 0 Å². The fourth-order valence-electron chi connectivity index (χ4n) is 3.51. The first kappa shape index (κ1) is 35.2. The van der Waals surface area contributed by atoms with Crippen molar-refractivity contribution in [2.75, 3.05) is 60.0 Å². The van der Waals surface area contributed by atoms with Gasteiger partial charge >= 0.3 is 29.8 Å². The zero-order chi connectivity index (χ0) is 29.9. The predicted octanol–water partition coefficient (Wildman–Crippen LogP) is 0.0891. The Balaban J connectivity index is 2.57. The van der Waals surface area contributed by atoms with Crippen LogP contribution in [0.1, 0.15) is 40.5 Å². The summed E-state index contributed by atoms with van der Waals surface area (Å²) in [6, 6.07) is 0. The Bertz CT molecular complexity index is 801. The standard InChI is InChI=1S/C25H40O15/c1-16(26)36-15-20-22(37-17(2)27)23(38-18(3)28)24(39-19(4)29)25(40-20)35-14-13-34-12-11-33-10-9-32-8-6-7-21(30)31-5/h20,22-25H,6-15H2,1-5H3/t20-,22-,23+,24-,25-/m1/s1. The third-order valence-electron chi connectivity index (χ3n) is 5.10. The molecule has 0 amide bonds. The van der Waals surface area contributed by atoms with Gasteiger partial charge in [0, 0.05) is 40.7 Å². The Morgan fingerprint density at radius 2 is 1.12 bits per heavy atom. The van der Waals surface area contributed by atoms with E-state index in [2.05, 4.69) is 4.74 Å². The molecule has 15 heteroatoms. The van der Waals surface area contributed by atoms with Gasteiger partial charge in [-0.3, -0.25) is 24.0 Å². The minimum absolute atomic E-state index is 0.0168. The molecule has 1 saturated heterocycles. The van der Waals surface area contributed by atoms with Crippen molar-refractivity contribution >= 4 is 29.8 Å². The van der Waals surface area contributed by atoms with Crippen LogP contribution in [0.2, 0.25) is 0 Å². The van der Waals surface area contributed by atoms with E-state index < -0.39 is 54.6 Å². The van der Waals surface area contributed by atoms with Crippen LogP contribution in [0.25, 0.3) is 0 Å². The molecule has 0 aromatic carbocycles. The van der Waals surface area contributed by atoms with Crippen molar-refractivity contribution in [3.63, 3.8) is 0 Å². The lowest BCUT2D eigenvalue weighted by Gasteiger charge is -2.44. The van der Waals surface area contributed by atoms with Crippen LogP contribution in [0.3, 0.4) is 0 Å². The lowest BCUT2D eigenvalue weighted by atomic mass is 9.98. The van der Waals surface area contributed by atoms with Crippen LogP contribution < -0.4 is 0 Å². The number of hydrogen-bond donors (Lipinski definition) is 0. The molecular formula is C25H40O15. The highest BCUT2D eigenvalue weighted by Gasteiger charge is 2.52. The summed E-state index contributed by atoms with van der Waals surface area (Å²) in [7, 11) is 1.33. The summed E-state index contributed by atoms with van der Waals surface area (Å²) in [5.74, 6) is -3.08. The monoisotopic (exact) mass is 580 g/mol. The van der Waals surface area contributed by atoms with Crippen molar-refractivity contribution in [1.29, 1.82) is 0 Å². The van der Waals surface area contributed by atoms with Crippen LogP contribution in [0.15, 0.2) is 0 Å². The van der Waals surface area contributed by atoms with Gasteiger partial charge in [-0.05, 0) is 6.42 Å². The maximum atomic E-state index is 11.8. The number of ether oxygens (including phenoxy) is 10. The molecule has 1 heterocycles. The molecule has 0 N–H and O–H groups in total. The van der Waals surface area contributed by atoms with E-state index in [0.717, 1.165) is 20.8 Å². The third kappa shape index (κ3) is 15.1. The van der Waals surface area contributed by atoms with Gasteiger partial charge in [-0.15, -0.1) is 0 Å². The van der Waals surface area contributed by atoms with Crippen molar-refractivity contribution in [2.24, 2.45) is 0 Å². The molecule has 15 nitrogen and oxygen atoms in total. The zero-order valence-electron chi connectivity index (χ0n) is 23.6. The smallest absolute Gasteiger partial charge is 0.305 e. The molecule has 0 spiro atoms. The molecule has 0 bridgehead atoms. The highest BCUT2D eigenvalue weighted by Crippen LogP contribution is 2.29. The van der Waals surface area contributed by atoms with E-state index in [1.54, 1.807) is 0 Å². The fraction of sp³-hybridized carbons (Fsp3) is 0.800. The van der Waals surface area contributed by atoms with Gasteiger partial charge in [0.25, 0.3) is 0 Å². The summed E-state index contributed by atoms with van der Waals surface area (Å²) < 4.78 is 53.3. The Morgan fingerprint density at radius 3 is 1.65 bits per heavy atom. The Kier molecular flexibility index (Phi) is 17.7. The Labute approximate surface area is 232 Å². The highest BCUT2D eigenvalue weighted by atomic mass is 16.7. The lowest BCUT2D eigenvalue weighted by molar-refractivity contribution is -0.309. The van der Waals surface area contributed by atoms with Crippen molar-refractivity contribution in [1.82, 2.24) is 0 Å². The largest absolute Gasteiger partial charge is 0.469 e. The number of carbonyl (C=O) groups is 5. The molecule has 0 aliphatic carbocycles. The van der Waals surface area contributed by atoms with Crippen molar-refractivity contribution in [3.05, 3.63) is 0 Å². The van der Waals surface area contributed by atoms with Crippen LogP contribution in [-0.2, 0) is 71.3 Å². The maximum Gasteiger partial charge on any atom is 0.305 e. The normalized spacial score (nSPS) is 22.2. The molecule has 0 aromatic heterocycles. The number of rotatable bonds is 19. The molecule has 0 unspecified atom stereocenters. The molecule has 1 fully saturated rings. The van der Waals surface area contributed by atoms with E-state index in [9.17, 15) is 24.0 Å². The van der Waals surface area contributed by atoms with Crippen LogP contribution in [-0.4, -0.2) is 121 Å². The van der Waals surface area contributed by atoms with Crippen LogP contribution in [0.5, 0.6) is 0 Å². The highest BCUT2D eigenvalue weighted by molar-refractivity contribution is 5.69. The molecule has 1 aliphatic heterocycles. The molecular weight excluding hydrogens is 540 g/mol. The molecule has 0 aromatic rings. The second kappa shape index (κ2) is 20.1. The lowest BCUT2D eigenvalue weighted by Crippen LogP contribution is -2.63. The van der Waals surface area contributed by atoms with E-state index in [-0.39, 0.29) is 32.4 Å². The van der Waals surface area contributed by atoms with Crippen molar-refractivity contribution in [2.45, 2.75) is 71.2 Å². The average Bonchev–Trinajstić information content (AvgIpc) is 2.87. The fourth-order valence-corrected chi connectivity index (χ4v) is 3.51. The summed E-state index contributed by atoms with van der Waals surface area (Å²) in [5, 5.41) is 0. The van der Waals surface area contributed by atoms with Gasteiger partial charge in [0.2, 0.25) is 0 Å². The number of esters is 5. The van der Waals surface area contributed by atoms with E-state index in [1.807, 2.05) is 0 Å². The number of methoxy groups -OCH3 is 1. The predicted molar refractivity (Wildman–Crippen MR) is 132 cm³/mol. The van der Waals surface area contributed by atoms with Gasteiger partial charge in [0.15, 0.2) is 24.6 Å². The first-order valence-electron chi connectivity index (χ1n) is 12.8. The van der Waals surface area contributed by atoms with E-state index in [0.29, 0.717) is 39.3 Å². The van der Waals surface area contributed by atoms with Gasteiger partial charge in [-0.2, -0.15) is 0 Å². The first-order chi connectivity index (χ1) is 19.0. The van der Waals surface area contributed by atoms with Gasteiger partial charge in [0.1, 0.15) is 12.7 Å². The second-order valence-electron chi connectivity index (χ2n) is 8.46. The Morgan fingerprint density at radius 1 is 0.625 bits per heavy atom. The van der Waals surface area contributed by atoms with Gasteiger partial charge < -0.3 is 47.4 Å². The maximum absolute atomic E-state index is 11.8. The van der Waals surface area contributed by atoms with Crippen LogP contribution >= 0.6 is 0 Å². The zero-order valence-corrected chi connectivity index (χ0v) is 23.6. The average molecular weight is 581 g/mol. The van der Waals surface area contributed by atoms with Crippen LogP contribution in [0, 0.1) is 0 Å². The molecule has 230 valence electrons. The Hall–Kier alpha value is -2.85. The minimum Gasteiger partial charge on any atom is -0.469 e. The van der Waals surface area contributed by atoms with E-state index in [1.165, 1.54) is 14.0 Å². The van der Waals surface area contributed by atoms with Gasteiger partial charge in [-0.25, -0.2) is 0 Å². The van der Waals surface area contributed by atoms with Crippen molar-refractivity contribution < 1.29 is 71.3 Å². The molecule has 1 rings (SSSR count). The minimum atomic E-state index is -1.30. The summed E-state index contributed by atoms with van der Waals surface area (Å²) in [6.45, 7) is 6.04. The topological polar surface area (TPSA) is 178 Å². The van der Waals surface area contributed by atoms with Crippen LogP contribution in [0.4, 0.5) is 0 Å². The summed E-state index contributed by atoms with van der Waals surface area (Å²) >= 11 is 0. The second-order valence-corrected chi connectivity index (χ2v) is 8.46.